The van der Waals surface area contributed by atoms with Crippen LogP contribution < -0.4 is 10.9 Å². The molecule has 0 spiro atoms. The number of rotatable bonds is 6. The number of aromatic nitrogens is 2. The zero-order chi connectivity index (χ0) is 21.0. The summed E-state index contributed by atoms with van der Waals surface area (Å²) < 4.78 is 1.31. The van der Waals surface area contributed by atoms with E-state index in [1.54, 1.807) is 55.5 Å². The van der Waals surface area contributed by atoms with Gasteiger partial charge in [0.25, 0.3) is 5.56 Å². The average molecular weight is 432 g/mol. The topological polar surface area (TPSA) is 84.2 Å². The minimum absolute atomic E-state index is 0.161. The van der Waals surface area contributed by atoms with Gasteiger partial charge in [0.1, 0.15) is 12.4 Å². The van der Waals surface area contributed by atoms with E-state index in [-0.39, 0.29) is 25.1 Å². The van der Waals surface area contributed by atoms with Gasteiger partial charge in [-0.25, -0.2) is 4.98 Å². The molecule has 6 nitrogen and oxygen atoms in total. The van der Waals surface area contributed by atoms with Gasteiger partial charge in [0.15, 0.2) is 0 Å². The standard InChI is InChI=1S/C21H19Cl2N3O3/c1-13-18(9-10-27)21(29)26(20(24-13)14-5-7-15(22)8-6-14)12-19(28)25-17-4-2-3-16(23)11-17/h2-8,11,27H,9-10,12H2,1H3,(H,25,28). The van der Waals surface area contributed by atoms with Gasteiger partial charge in [-0.1, -0.05) is 29.3 Å². The third-order valence-electron chi connectivity index (χ3n) is 4.34. The van der Waals surface area contributed by atoms with Crippen molar-refractivity contribution in [2.45, 2.75) is 19.9 Å². The predicted molar refractivity (Wildman–Crippen MR) is 115 cm³/mol. The molecular formula is C21H19Cl2N3O3. The van der Waals surface area contributed by atoms with Crippen molar-refractivity contribution in [3.05, 3.63) is 80.2 Å². The molecular weight excluding hydrogens is 413 g/mol. The van der Waals surface area contributed by atoms with Gasteiger partial charge in [-0.05, 0) is 49.4 Å². The van der Waals surface area contributed by atoms with E-state index in [1.807, 2.05) is 0 Å². The summed E-state index contributed by atoms with van der Waals surface area (Å²) in [6.07, 6.45) is 0.161. The third kappa shape index (κ3) is 5.03. The molecule has 1 heterocycles. The molecule has 1 amide bonds. The van der Waals surface area contributed by atoms with Crippen molar-refractivity contribution >= 4 is 34.8 Å². The quantitative estimate of drug-likeness (QED) is 0.622. The normalized spacial score (nSPS) is 10.8. The lowest BCUT2D eigenvalue weighted by molar-refractivity contribution is -0.116. The van der Waals surface area contributed by atoms with Gasteiger partial charge in [-0.15, -0.1) is 0 Å². The monoisotopic (exact) mass is 431 g/mol. The summed E-state index contributed by atoms with van der Waals surface area (Å²) >= 11 is 11.9. The number of nitrogens with zero attached hydrogens (tertiary/aromatic N) is 2. The van der Waals surface area contributed by atoms with Crippen molar-refractivity contribution < 1.29 is 9.90 Å². The van der Waals surface area contributed by atoms with Gasteiger partial charge in [0.2, 0.25) is 5.91 Å². The Morgan fingerprint density at radius 3 is 2.52 bits per heavy atom. The van der Waals surface area contributed by atoms with Crippen molar-refractivity contribution in [2.75, 3.05) is 11.9 Å². The van der Waals surface area contributed by atoms with Crippen molar-refractivity contribution in [3.8, 4) is 11.4 Å². The van der Waals surface area contributed by atoms with Gasteiger partial charge in [0, 0.05) is 45.6 Å². The Hall–Kier alpha value is -2.67. The lowest BCUT2D eigenvalue weighted by atomic mass is 10.1. The highest BCUT2D eigenvalue weighted by molar-refractivity contribution is 6.31. The number of hydrogen-bond donors (Lipinski definition) is 2. The van der Waals surface area contributed by atoms with E-state index < -0.39 is 5.91 Å². The number of carbonyl (C=O) groups is 1. The third-order valence-corrected chi connectivity index (χ3v) is 4.83. The molecule has 0 saturated heterocycles. The molecule has 0 aliphatic rings. The van der Waals surface area contributed by atoms with Crippen LogP contribution in [0.5, 0.6) is 0 Å². The molecule has 0 unspecified atom stereocenters. The maximum absolute atomic E-state index is 13.1. The van der Waals surface area contributed by atoms with Crippen LogP contribution in [0.1, 0.15) is 11.3 Å². The van der Waals surface area contributed by atoms with Crippen LogP contribution in [-0.2, 0) is 17.8 Å². The summed E-state index contributed by atoms with van der Waals surface area (Å²) in [7, 11) is 0. The first kappa shape index (κ1) is 21.0. The molecule has 2 N–H and O–H groups in total. The van der Waals surface area contributed by atoms with E-state index >= 15 is 0 Å². The molecule has 150 valence electrons. The second kappa shape index (κ2) is 9.22. The number of halogens is 2. The van der Waals surface area contributed by atoms with Crippen LogP contribution in [0.3, 0.4) is 0 Å². The van der Waals surface area contributed by atoms with Crippen molar-refractivity contribution in [3.63, 3.8) is 0 Å². The smallest absolute Gasteiger partial charge is 0.257 e. The Labute approximate surface area is 177 Å². The molecule has 0 bridgehead atoms. The Balaban J connectivity index is 2.02. The van der Waals surface area contributed by atoms with Crippen LogP contribution >= 0.6 is 23.2 Å². The number of anilines is 1. The van der Waals surface area contributed by atoms with Crippen molar-refractivity contribution in [2.24, 2.45) is 0 Å². The van der Waals surface area contributed by atoms with E-state index in [4.69, 9.17) is 23.2 Å². The fourth-order valence-corrected chi connectivity index (χ4v) is 3.29. The van der Waals surface area contributed by atoms with Crippen LogP contribution in [0.4, 0.5) is 5.69 Å². The van der Waals surface area contributed by atoms with Crippen LogP contribution in [0.2, 0.25) is 10.0 Å². The number of aliphatic hydroxyl groups is 1. The largest absolute Gasteiger partial charge is 0.396 e. The summed E-state index contributed by atoms with van der Waals surface area (Å²) in [5.74, 6) is -0.0442. The number of hydrogen-bond acceptors (Lipinski definition) is 4. The van der Waals surface area contributed by atoms with Crippen molar-refractivity contribution in [1.29, 1.82) is 0 Å². The fourth-order valence-electron chi connectivity index (χ4n) is 2.98. The van der Waals surface area contributed by atoms with Gasteiger partial charge in [0.05, 0.1) is 0 Å². The van der Waals surface area contributed by atoms with Crippen LogP contribution in [0.15, 0.2) is 53.3 Å². The summed E-state index contributed by atoms with van der Waals surface area (Å²) in [6.45, 7) is 1.28. The zero-order valence-corrected chi connectivity index (χ0v) is 17.2. The summed E-state index contributed by atoms with van der Waals surface area (Å²) in [6, 6.07) is 13.6. The van der Waals surface area contributed by atoms with E-state index in [0.29, 0.717) is 38.4 Å². The van der Waals surface area contributed by atoms with Gasteiger partial charge < -0.3 is 10.4 Å². The molecule has 0 aliphatic carbocycles. The maximum atomic E-state index is 13.1. The minimum atomic E-state index is -0.398. The summed E-state index contributed by atoms with van der Waals surface area (Å²) in [5, 5.41) is 13.1. The number of amides is 1. The van der Waals surface area contributed by atoms with E-state index in [1.165, 1.54) is 4.57 Å². The number of nitrogens with one attached hydrogen (secondary N) is 1. The average Bonchev–Trinajstić information content (AvgIpc) is 2.68. The highest BCUT2D eigenvalue weighted by atomic mass is 35.5. The molecule has 0 aliphatic heterocycles. The lowest BCUT2D eigenvalue weighted by Gasteiger charge is -2.16. The Morgan fingerprint density at radius 2 is 1.86 bits per heavy atom. The van der Waals surface area contributed by atoms with Gasteiger partial charge in [-0.3, -0.25) is 14.2 Å². The maximum Gasteiger partial charge on any atom is 0.257 e. The van der Waals surface area contributed by atoms with E-state index in [9.17, 15) is 14.7 Å². The minimum Gasteiger partial charge on any atom is -0.396 e. The molecule has 3 aromatic rings. The molecule has 3 rings (SSSR count). The first-order chi connectivity index (χ1) is 13.9. The zero-order valence-electron chi connectivity index (χ0n) is 15.7. The summed E-state index contributed by atoms with van der Waals surface area (Å²) in [4.78, 5) is 30.2. The highest BCUT2D eigenvalue weighted by Crippen LogP contribution is 2.21. The molecule has 2 aromatic carbocycles. The van der Waals surface area contributed by atoms with E-state index in [0.717, 1.165) is 0 Å². The number of aryl methyl sites for hydroxylation is 1. The second-order valence-electron chi connectivity index (χ2n) is 6.43. The number of aliphatic hydroxyl groups excluding tert-OH is 1. The first-order valence-corrected chi connectivity index (χ1v) is 9.67. The Kier molecular flexibility index (Phi) is 6.69. The van der Waals surface area contributed by atoms with Crippen LogP contribution in [-0.4, -0.2) is 27.2 Å². The Morgan fingerprint density at radius 1 is 1.14 bits per heavy atom. The Bertz CT molecular complexity index is 1100. The highest BCUT2D eigenvalue weighted by Gasteiger charge is 2.18. The molecule has 8 heteroatoms. The number of carbonyl (C=O) groups excluding carboxylic acids is 1. The molecule has 29 heavy (non-hydrogen) atoms. The van der Waals surface area contributed by atoms with Gasteiger partial charge >= 0.3 is 0 Å². The summed E-state index contributed by atoms with van der Waals surface area (Å²) in [5.41, 5.74) is 1.71. The molecule has 0 radical (unpaired) electrons. The molecule has 0 fully saturated rings. The molecule has 0 saturated carbocycles. The molecule has 0 atom stereocenters. The lowest BCUT2D eigenvalue weighted by Crippen LogP contribution is -2.33. The second-order valence-corrected chi connectivity index (χ2v) is 7.30. The predicted octanol–water partition coefficient (Wildman–Crippen LogP) is 3.70. The van der Waals surface area contributed by atoms with Crippen LogP contribution in [0, 0.1) is 6.92 Å². The van der Waals surface area contributed by atoms with Crippen molar-refractivity contribution in [1.82, 2.24) is 9.55 Å². The number of benzene rings is 2. The fraction of sp³-hybridized carbons (Fsp3) is 0.190. The van der Waals surface area contributed by atoms with Gasteiger partial charge in [-0.2, -0.15) is 0 Å². The van der Waals surface area contributed by atoms with Crippen LogP contribution in [0.25, 0.3) is 11.4 Å². The first-order valence-electron chi connectivity index (χ1n) is 8.91. The van der Waals surface area contributed by atoms with E-state index in [2.05, 4.69) is 10.3 Å². The SMILES string of the molecule is Cc1nc(-c2ccc(Cl)cc2)n(CC(=O)Nc2cccc(Cl)c2)c(=O)c1CCO. The molecule has 1 aromatic heterocycles.